The Balaban J connectivity index is 1.88. The highest BCUT2D eigenvalue weighted by Crippen LogP contribution is 2.26. The molecule has 2 rings (SSSR count). The van der Waals surface area contributed by atoms with Crippen LogP contribution in [0.25, 0.3) is 0 Å². The summed E-state index contributed by atoms with van der Waals surface area (Å²) in [5.74, 6) is 5.11. The molecule has 15 heavy (non-hydrogen) atoms. The zero-order chi connectivity index (χ0) is 10.7. The Morgan fingerprint density at radius 1 is 1.73 bits per heavy atom. The molecule has 0 saturated carbocycles. The quantitative estimate of drug-likeness (QED) is 0.851. The molecule has 3 nitrogen and oxygen atoms in total. The summed E-state index contributed by atoms with van der Waals surface area (Å²) in [5, 5.41) is 0. The second kappa shape index (κ2) is 5.03. The van der Waals surface area contributed by atoms with Crippen LogP contribution in [0.15, 0.2) is 10.6 Å². The van der Waals surface area contributed by atoms with Gasteiger partial charge in [0.15, 0.2) is 5.89 Å². The van der Waals surface area contributed by atoms with Gasteiger partial charge in [0.2, 0.25) is 0 Å². The minimum absolute atomic E-state index is 0.146. The van der Waals surface area contributed by atoms with Gasteiger partial charge in [0.05, 0.1) is 6.20 Å². The molecule has 0 aliphatic carbocycles. The summed E-state index contributed by atoms with van der Waals surface area (Å²) in [7, 11) is 0. The van der Waals surface area contributed by atoms with Gasteiger partial charge in [-0.2, -0.15) is 11.8 Å². The maximum absolute atomic E-state index is 5.71. The third-order valence-electron chi connectivity index (χ3n) is 2.61. The van der Waals surface area contributed by atoms with E-state index in [1.807, 2.05) is 24.9 Å². The van der Waals surface area contributed by atoms with Gasteiger partial charge in [0.25, 0.3) is 0 Å². The molecule has 0 spiro atoms. The van der Waals surface area contributed by atoms with E-state index in [0.717, 1.165) is 30.4 Å². The molecule has 2 atom stereocenters. The predicted molar refractivity (Wildman–Crippen MR) is 63.0 cm³/mol. The molecule has 1 saturated heterocycles. The highest BCUT2D eigenvalue weighted by molar-refractivity contribution is 7.99. The number of rotatable bonds is 4. The highest BCUT2D eigenvalue weighted by Gasteiger charge is 2.18. The molecule has 1 aromatic rings. The average molecular weight is 226 g/mol. The van der Waals surface area contributed by atoms with E-state index in [1.165, 1.54) is 17.9 Å². The van der Waals surface area contributed by atoms with Gasteiger partial charge in [0.1, 0.15) is 5.76 Å². The van der Waals surface area contributed by atoms with Crippen molar-refractivity contribution in [3.05, 3.63) is 17.8 Å². The van der Waals surface area contributed by atoms with Crippen LogP contribution in [-0.4, -0.2) is 22.5 Å². The standard InChI is InChI=1S/C11H18N2OS/c1-8(12)4-10-6-13-11(14-10)5-9-2-3-15-7-9/h6,8-9H,2-5,7,12H2,1H3. The molecule has 1 aliphatic heterocycles. The van der Waals surface area contributed by atoms with Gasteiger partial charge in [-0.1, -0.05) is 0 Å². The maximum Gasteiger partial charge on any atom is 0.194 e. The van der Waals surface area contributed by atoms with Gasteiger partial charge >= 0.3 is 0 Å². The first-order chi connectivity index (χ1) is 7.24. The van der Waals surface area contributed by atoms with Crippen LogP contribution >= 0.6 is 11.8 Å². The van der Waals surface area contributed by atoms with Crippen LogP contribution in [0.3, 0.4) is 0 Å². The van der Waals surface area contributed by atoms with Gasteiger partial charge in [-0.3, -0.25) is 0 Å². The average Bonchev–Trinajstić information content (AvgIpc) is 2.77. The van der Waals surface area contributed by atoms with E-state index in [0.29, 0.717) is 0 Å². The largest absolute Gasteiger partial charge is 0.446 e. The fourth-order valence-corrected chi connectivity index (χ4v) is 3.13. The molecule has 2 N–H and O–H groups in total. The molecule has 0 amide bonds. The molecule has 0 aromatic carbocycles. The molecular weight excluding hydrogens is 208 g/mol. The third-order valence-corrected chi connectivity index (χ3v) is 3.84. The Labute approximate surface area is 94.8 Å². The van der Waals surface area contributed by atoms with Crippen molar-refractivity contribution < 1.29 is 4.42 Å². The Hall–Kier alpha value is -0.480. The zero-order valence-corrected chi connectivity index (χ0v) is 9.93. The summed E-state index contributed by atoms with van der Waals surface area (Å²) >= 11 is 2.03. The molecule has 0 bridgehead atoms. The van der Waals surface area contributed by atoms with E-state index in [4.69, 9.17) is 10.2 Å². The lowest BCUT2D eigenvalue weighted by Gasteiger charge is -2.03. The SMILES string of the molecule is CC(N)Cc1cnc(CC2CCSC2)o1. The van der Waals surface area contributed by atoms with Crippen molar-refractivity contribution >= 4 is 11.8 Å². The minimum atomic E-state index is 0.146. The second-order valence-electron chi connectivity index (χ2n) is 4.34. The summed E-state index contributed by atoms with van der Waals surface area (Å²) in [4.78, 5) is 4.30. The van der Waals surface area contributed by atoms with Gasteiger partial charge < -0.3 is 10.2 Å². The van der Waals surface area contributed by atoms with Crippen molar-refractivity contribution in [2.24, 2.45) is 11.7 Å². The van der Waals surface area contributed by atoms with Gasteiger partial charge in [-0.05, 0) is 30.8 Å². The number of thioether (sulfide) groups is 1. The highest BCUT2D eigenvalue weighted by atomic mass is 32.2. The van der Waals surface area contributed by atoms with Gasteiger partial charge in [0, 0.05) is 18.9 Å². The lowest BCUT2D eigenvalue weighted by molar-refractivity contribution is 0.414. The Morgan fingerprint density at radius 3 is 3.27 bits per heavy atom. The first-order valence-electron chi connectivity index (χ1n) is 5.51. The molecule has 84 valence electrons. The smallest absolute Gasteiger partial charge is 0.194 e. The van der Waals surface area contributed by atoms with E-state index in [1.54, 1.807) is 0 Å². The van der Waals surface area contributed by atoms with Crippen molar-refractivity contribution in [2.45, 2.75) is 32.2 Å². The Kier molecular flexibility index (Phi) is 3.70. The number of hydrogen-bond acceptors (Lipinski definition) is 4. The van der Waals surface area contributed by atoms with E-state index >= 15 is 0 Å². The normalized spacial score (nSPS) is 23.2. The Morgan fingerprint density at radius 2 is 2.60 bits per heavy atom. The van der Waals surface area contributed by atoms with Gasteiger partial charge in [-0.15, -0.1) is 0 Å². The first-order valence-corrected chi connectivity index (χ1v) is 6.66. The Bertz CT molecular complexity index is 305. The summed E-state index contributed by atoms with van der Waals surface area (Å²) in [6, 6.07) is 0.146. The molecule has 2 heterocycles. The third kappa shape index (κ3) is 3.24. The van der Waals surface area contributed by atoms with E-state index in [-0.39, 0.29) is 6.04 Å². The maximum atomic E-state index is 5.71. The molecular formula is C11H18N2OS. The summed E-state index contributed by atoms with van der Waals surface area (Å²) in [6.45, 7) is 1.98. The number of oxazole rings is 1. The zero-order valence-electron chi connectivity index (χ0n) is 9.11. The molecule has 1 aromatic heterocycles. The van der Waals surface area contributed by atoms with Crippen LogP contribution in [0.1, 0.15) is 25.0 Å². The van der Waals surface area contributed by atoms with E-state index in [2.05, 4.69) is 4.98 Å². The summed E-state index contributed by atoms with van der Waals surface area (Å²) in [6.07, 6.45) is 4.90. The fourth-order valence-electron chi connectivity index (χ4n) is 1.85. The lowest BCUT2D eigenvalue weighted by Crippen LogP contribution is -2.17. The topological polar surface area (TPSA) is 52.0 Å². The molecule has 0 radical (unpaired) electrons. The van der Waals surface area contributed by atoms with Crippen LogP contribution in [0.5, 0.6) is 0 Å². The monoisotopic (exact) mass is 226 g/mol. The molecule has 1 fully saturated rings. The van der Waals surface area contributed by atoms with Crippen LogP contribution in [0.4, 0.5) is 0 Å². The molecule has 4 heteroatoms. The van der Waals surface area contributed by atoms with E-state index in [9.17, 15) is 0 Å². The molecule has 1 aliphatic rings. The van der Waals surface area contributed by atoms with Crippen molar-refractivity contribution in [1.82, 2.24) is 4.98 Å². The fraction of sp³-hybridized carbons (Fsp3) is 0.727. The summed E-state index contributed by atoms with van der Waals surface area (Å²) in [5.41, 5.74) is 5.71. The number of nitrogens with zero attached hydrogens (tertiary/aromatic N) is 1. The van der Waals surface area contributed by atoms with Crippen LogP contribution in [0, 0.1) is 5.92 Å². The van der Waals surface area contributed by atoms with Crippen LogP contribution in [-0.2, 0) is 12.8 Å². The predicted octanol–water partition coefficient (Wildman–Crippen LogP) is 1.86. The van der Waals surface area contributed by atoms with Gasteiger partial charge in [-0.25, -0.2) is 4.98 Å². The first kappa shape index (κ1) is 11.0. The van der Waals surface area contributed by atoms with Crippen molar-refractivity contribution in [1.29, 1.82) is 0 Å². The summed E-state index contributed by atoms with van der Waals surface area (Å²) < 4.78 is 5.66. The lowest BCUT2D eigenvalue weighted by atomic mass is 10.1. The van der Waals surface area contributed by atoms with E-state index < -0.39 is 0 Å². The number of nitrogens with two attached hydrogens (primary N) is 1. The number of hydrogen-bond donors (Lipinski definition) is 1. The second-order valence-corrected chi connectivity index (χ2v) is 5.49. The minimum Gasteiger partial charge on any atom is -0.446 e. The van der Waals surface area contributed by atoms with Crippen LogP contribution < -0.4 is 5.73 Å². The number of aromatic nitrogens is 1. The van der Waals surface area contributed by atoms with Crippen LogP contribution in [0.2, 0.25) is 0 Å². The van der Waals surface area contributed by atoms with Crippen molar-refractivity contribution in [3.8, 4) is 0 Å². The van der Waals surface area contributed by atoms with Crippen molar-refractivity contribution in [2.75, 3.05) is 11.5 Å². The van der Waals surface area contributed by atoms with Crippen molar-refractivity contribution in [3.63, 3.8) is 0 Å². The molecule has 2 unspecified atom stereocenters.